The SMILES string of the molecule is Cc1ccc(N/N=C2/C(=O)c3cccc4cccc2c34)cc1Cl. The van der Waals surface area contributed by atoms with Gasteiger partial charge < -0.3 is 0 Å². The summed E-state index contributed by atoms with van der Waals surface area (Å²) in [5.41, 5.74) is 6.71. The topological polar surface area (TPSA) is 41.5 Å². The van der Waals surface area contributed by atoms with Gasteiger partial charge in [-0.05, 0) is 30.0 Å². The summed E-state index contributed by atoms with van der Waals surface area (Å²) in [7, 11) is 0. The van der Waals surface area contributed by atoms with Gasteiger partial charge in [0.25, 0.3) is 0 Å². The number of aryl methyl sites for hydroxylation is 1. The lowest BCUT2D eigenvalue weighted by atomic mass is 10.1. The molecule has 3 nitrogen and oxygen atoms in total. The molecule has 4 heteroatoms. The van der Waals surface area contributed by atoms with Crippen molar-refractivity contribution >= 4 is 39.6 Å². The van der Waals surface area contributed by atoms with E-state index < -0.39 is 0 Å². The Hall–Kier alpha value is -2.65. The summed E-state index contributed by atoms with van der Waals surface area (Å²) in [4.78, 5) is 12.6. The molecule has 0 heterocycles. The summed E-state index contributed by atoms with van der Waals surface area (Å²) in [5.74, 6) is -0.0532. The molecule has 3 aromatic carbocycles. The molecule has 112 valence electrons. The molecule has 0 aliphatic heterocycles. The molecule has 0 saturated carbocycles. The zero-order valence-electron chi connectivity index (χ0n) is 12.4. The van der Waals surface area contributed by atoms with Gasteiger partial charge in [-0.3, -0.25) is 10.2 Å². The van der Waals surface area contributed by atoms with Crippen LogP contribution >= 0.6 is 11.6 Å². The maximum Gasteiger partial charge on any atom is 0.214 e. The van der Waals surface area contributed by atoms with Crippen LogP contribution in [-0.2, 0) is 0 Å². The van der Waals surface area contributed by atoms with E-state index in [-0.39, 0.29) is 5.78 Å². The standard InChI is InChI=1S/C19H13ClN2O/c1-11-8-9-13(10-16(11)20)21-22-18-14-6-2-4-12-5-3-7-15(17(12)14)19(18)23/h2-10,21H,1H3/b22-18+. The first-order valence-corrected chi connectivity index (χ1v) is 7.69. The number of carbonyl (C=O) groups excluding carboxylic acids is 1. The highest BCUT2D eigenvalue weighted by atomic mass is 35.5. The van der Waals surface area contributed by atoms with Crippen LogP contribution in [0.25, 0.3) is 10.8 Å². The predicted octanol–water partition coefficient (Wildman–Crippen LogP) is 4.81. The summed E-state index contributed by atoms with van der Waals surface area (Å²) < 4.78 is 0. The number of halogens is 1. The molecule has 0 saturated heterocycles. The number of carbonyl (C=O) groups is 1. The minimum Gasteiger partial charge on any atom is -0.287 e. The zero-order valence-corrected chi connectivity index (χ0v) is 13.2. The van der Waals surface area contributed by atoms with Crippen LogP contribution in [0.15, 0.2) is 59.7 Å². The maximum absolute atomic E-state index is 12.6. The van der Waals surface area contributed by atoms with Gasteiger partial charge in [0.15, 0.2) is 0 Å². The Morgan fingerprint density at radius 2 is 1.74 bits per heavy atom. The van der Waals surface area contributed by atoms with E-state index in [9.17, 15) is 4.79 Å². The van der Waals surface area contributed by atoms with Gasteiger partial charge in [0.1, 0.15) is 5.71 Å². The minimum atomic E-state index is -0.0532. The van der Waals surface area contributed by atoms with Crippen LogP contribution in [0.1, 0.15) is 21.5 Å². The Morgan fingerprint density at radius 1 is 1.00 bits per heavy atom. The Labute approximate surface area is 138 Å². The van der Waals surface area contributed by atoms with E-state index in [1.807, 2.05) is 55.5 Å². The Morgan fingerprint density at radius 3 is 2.48 bits per heavy atom. The average Bonchev–Trinajstić information content (AvgIpc) is 2.84. The van der Waals surface area contributed by atoms with E-state index in [1.165, 1.54) is 0 Å². The van der Waals surface area contributed by atoms with Crippen molar-refractivity contribution in [3.05, 3.63) is 76.3 Å². The summed E-state index contributed by atoms with van der Waals surface area (Å²) in [6.07, 6.45) is 0. The van der Waals surface area contributed by atoms with Gasteiger partial charge in [-0.2, -0.15) is 5.10 Å². The van der Waals surface area contributed by atoms with E-state index in [2.05, 4.69) is 10.5 Å². The fourth-order valence-electron chi connectivity index (χ4n) is 2.87. The van der Waals surface area contributed by atoms with Crippen LogP contribution in [-0.4, -0.2) is 11.5 Å². The second-order valence-electron chi connectivity index (χ2n) is 5.57. The van der Waals surface area contributed by atoms with Crippen molar-refractivity contribution in [2.75, 3.05) is 5.43 Å². The third-order valence-electron chi connectivity index (χ3n) is 4.09. The molecule has 0 unspecified atom stereocenters. The number of anilines is 1. The molecule has 1 aliphatic rings. The van der Waals surface area contributed by atoms with Crippen LogP contribution < -0.4 is 5.43 Å². The summed E-state index contributed by atoms with van der Waals surface area (Å²) in [5, 5.41) is 7.04. The first kappa shape index (κ1) is 14.0. The molecule has 0 amide bonds. The molecule has 1 N–H and O–H groups in total. The number of benzene rings is 3. The Balaban J connectivity index is 1.77. The van der Waals surface area contributed by atoms with Crippen LogP contribution in [0, 0.1) is 6.92 Å². The Kier molecular flexibility index (Phi) is 3.17. The largest absolute Gasteiger partial charge is 0.287 e. The van der Waals surface area contributed by atoms with E-state index in [1.54, 1.807) is 6.07 Å². The third-order valence-corrected chi connectivity index (χ3v) is 4.50. The fraction of sp³-hybridized carbons (Fsp3) is 0.0526. The van der Waals surface area contributed by atoms with Crippen LogP contribution in [0.3, 0.4) is 0 Å². The van der Waals surface area contributed by atoms with Crippen LogP contribution in [0.4, 0.5) is 5.69 Å². The molecule has 23 heavy (non-hydrogen) atoms. The zero-order chi connectivity index (χ0) is 16.0. The molecular weight excluding hydrogens is 308 g/mol. The molecule has 1 aliphatic carbocycles. The molecule has 0 bridgehead atoms. The second kappa shape index (κ2) is 5.21. The maximum atomic E-state index is 12.6. The number of Topliss-reactive ketones (excluding diaryl/α,β-unsaturated/α-hetero) is 1. The average molecular weight is 321 g/mol. The van der Waals surface area contributed by atoms with E-state index in [0.29, 0.717) is 16.3 Å². The fourth-order valence-corrected chi connectivity index (χ4v) is 3.05. The number of ketones is 1. The van der Waals surface area contributed by atoms with Crippen LogP contribution in [0.2, 0.25) is 5.02 Å². The number of rotatable bonds is 2. The number of hydrogen-bond donors (Lipinski definition) is 1. The van der Waals surface area contributed by atoms with E-state index in [4.69, 9.17) is 11.6 Å². The van der Waals surface area contributed by atoms with Crippen LogP contribution in [0.5, 0.6) is 0 Å². The first-order chi connectivity index (χ1) is 11.1. The molecular formula is C19H13ClN2O. The quantitative estimate of drug-likeness (QED) is 0.688. The van der Waals surface area contributed by atoms with Crippen molar-refractivity contribution < 1.29 is 4.79 Å². The van der Waals surface area contributed by atoms with Crippen molar-refractivity contribution in [2.45, 2.75) is 6.92 Å². The molecule has 3 aromatic rings. The normalized spacial score (nSPS) is 14.7. The van der Waals surface area contributed by atoms with Crippen molar-refractivity contribution in [1.82, 2.24) is 0 Å². The minimum absolute atomic E-state index is 0.0532. The van der Waals surface area contributed by atoms with Gasteiger partial charge in [-0.15, -0.1) is 0 Å². The lowest BCUT2D eigenvalue weighted by Crippen LogP contribution is -2.11. The Bertz CT molecular complexity index is 987. The second-order valence-corrected chi connectivity index (χ2v) is 5.98. The van der Waals surface area contributed by atoms with Gasteiger partial charge in [0.05, 0.1) is 5.69 Å². The van der Waals surface area contributed by atoms with Crippen molar-refractivity contribution in [1.29, 1.82) is 0 Å². The highest BCUT2D eigenvalue weighted by molar-refractivity contribution is 6.59. The van der Waals surface area contributed by atoms with E-state index in [0.717, 1.165) is 27.6 Å². The summed E-state index contributed by atoms with van der Waals surface area (Å²) in [6, 6.07) is 17.2. The number of hydrogen-bond acceptors (Lipinski definition) is 3. The molecule has 0 atom stereocenters. The number of nitrogens with zero attached hydrogens (tertiary/aromatic N) is 1. The molecule has 0 fully saturated rings. The highest BCUT2D eigenvalue weighted by Gasteiger charge is 2.28. The predicted molar refractivity (Wildman–Crippen MR) is 94.6 cm³/mol. The first-order valence-electron chi connectivity index (χ1n) is 7.32. The van der Waals surface area contributed by atoms with Crippen molar-refractivity contribution in [3.63, 3.8) is 0 Å². The highest BCUT2D eigenvalue weighted by Crippen LogP contribution is 2.31. The lowest BCUT2D eigenvalue weighted by Gasteiger charge is -2.04. The van der Waals surface area contributed by atoms with Gasteiger partial charge in [0.2, 0.25) is 5.78 Å². The third kappa shape index (κ3) is 2.21. The lowest BCUT2D eigenvalue weighted by molar-refractivity contribution is 0.107. The summed E-state index contributed by atoms with van der Waals surface area (Å²) >= 11 is 6.12. The van der Waals surface area contributed by atoms with Crippen molar-refractivity contribution in [3.8, 4) is 0 Å². The summed E-state index contributed by atoms with van der Waals surface area (Å²) in [6.45, 7) is 1.94. The molecule has 0 radical (unpaired) electrons. The monoisotopic (exact) mass is 320 g/mol. The smallest absolute Gasteiger partial charge is 0.214 e. The van der Waals surface area contributed by atoms with E-state index >= 15 is 0 Å². The van der Waals surface area contributed by atoms with Gasteiger partial charge in [-0.25, -0.2) is 0 Å². The molecule has 0 spiro atoms. The van der Waals surface area contributed by atoms with Crippen molar-refractivity contribution in [2.24, 2.45) is 5.10 Å². The van der Waals surface area contributed by atoms with Gasteiger partial charge >= 0.3 is 0 Å². The molecule has 4 rings (SSSR count). The van der Waals surface area contributed by atoms with Gasteiger partial charge in [-0.1, -0.05) is 54.1 Å². The molecule has 0 aromatic heterocycles. The number of hydrazone groups is 1. The number of nitrogens with one attached hydrogen (secondary N) is 1. The van der Waals surface area contributed by atoms with Gasteiger partial charge in [0, 0.05) is 21.5 Å².